The molecule has 0 bridgehead atoms. The lowest BCUT2D eigenvalue weighted by Crippen LogP contribution is -2.40. The van der Waals surface area contributed by atoms with Gasteiger partial charge in [-0.1, -0.05) is 55.8 Å². The van der Waals surface area contributed by atoms with Gasteiger partial charge in [0.1, 0.15) is 11.4 Å². The molecule has 42 heavy (non-hydrogen) atoms. The average Bonchev–Trinajstić information content (AvgIpc) is 2.94. The Bertz CT molecular complexity index is 1520. The number of cyclic esters (lactones) is 1. The van der Waals surface area contributed by atoms with E-state index < -0.39 is 38.4 Å². The number of halogens is 3. The van der Waals surface area contributed by atoms with E-state index in [-0.39, 0.29) is 29.9 Å². The van der Waals surface area contributed by atoms with Crippen molar-refractivity contribution in [3.63, 3.8) is 0 Å². The second-order valence-corrected chi connectivity index (χ2v) is 12.1. The minimum absolute atomic E-state index is 0.0540. The van der Waals surface area contributed by atoms with Gasteiger partial charge in [0.2, 0.25) is 0 Å². The van der Waals surface area contributed by atoms with E-state index in [4.69, 9.17) is 4.74 Å². The van der Waals surface area contributed by atoms with Crippen molar-refractivity contribution in [1.29, 1.82) is 0 Å². The lowest BCUT2D eigenvalue weighted by atomic mass is 9.83. The number of aliphatic hydroxyl groups is 1. The lowest BCUT2D eigenvalue weighted by molar-refractivity contribution is -0.161. The first kappa shape index (κ1) is 31.1. The smallest absolute Gasteiger partial charge is 0.417 e. The topological polar surface area (TPSA) is 106 Å². The van der Waals surface area contributed by atoms with Crippen molar-refractivity contribution in [3.8, 4) is 0 Å². The number of benzene rings is 2. The number of alkyl halides is 3. The summed E-state index contributed by atoms with van der Waals surface area (Å²) in [6.07, 6.45) is 0.168. The van der Waals surface area contributed by atoms with Crippen molar-refractivity contribution in [3.05, 3.63) is 101 Å². The van der Waals surface area contributed by atoms with Crippen molar-refractivity contribution in [1.82, 2.24) is 4.98 Å². The maximum atomic E-state index is 13.0. The Kier molecular flexibility index (Phi) is 9.60. The number of aliphatic hydroxyl groups excluding tert-OH is 1. The molecule has 4 rings (SSSR count). The largest absolute Gasteiger partial charge is 0.512 e. The van der Waals surface area contributed by atoms with Gasteiger partial charge in [-0.3, -0.25) is 4.72 Å². The van der Waals surface area contributed by atoms with E-state index in [0.717, 1.165) is 30.0 Å². The van der Waals surface area contributed by atoms with Crippen LogP contribution in [-0.2, 0) is 38.6 Å². The SMILES string of the molecule is CCC[C@@]1(CCc2ccccc2)CC(O)=C(CCCc2cccc(NS(=O)(=O)c3ccc(C(F)(F)F)cn3)c2)C(=O)O1. The van der Waals surface area contributed by atoms with E-state index in [1.807, 2.05) is 37.3 Å². The van der Waals surface area contributed by atoms with Gasteiger partial charge in [0.15, 0.2) is 5.03 Å². The number of sulfonamides is 1. The van der Waals surface area contributed by atoms with Gasteiger partial charge in [-0.05, 0) is 73.9 Å². The number of aromatic nitrogens is 1. The number of carbonyl (C=O) groups excluding carboxylic acids is 1. The van der Waals surface area contributed by atoms with Crippen LogP contribution in [0.15, 0.2) is 89.3 Å². The molecule has 1 atom stereocenters. The molecule has 1 aliphatic rings. The Balaban J connectivity index is 1.37. The molecule has 0 radical (unpaired) electrons. The normalized spacial score (nSPS) is 17.7. The molecule has 0 amide bonds. The van der Waals surface area contributed by atoms with Crippen LogP contribution in [-0.4, -0.2) is 30.1 Å². The van der Waals surface area contributed by atoms with Gasteiger partial charge in [-0.25, -0.2) is 9.78 Å². The first-order chi connectivity index (χ1) is 19.9. The van der Waals surface area contributed by atoms with Crippen molar-refractivity contribution >= 4 is 21.7 Å². The fourth-order valence-corrected chi connectivity index (χ4v) is 6.10. The number of anilines is 1. The monoisotopic (exact) mass is 602 g/mol. The van der Waals surface area contributed by atoms with Gasteiger partial charge >= 0.3 is 12.1 Å². The molecule has 0 aliphatic carbocycles. The van der Waals surface area contributed by atoms with Crippen LogP contribution in [0.4, 0.5) is 18.9 Å². The minimum Gasteiger partial charge on any atom is -0.512 e. The standard InChI is InChI=1S/C31H33F3N2O5S/c1-2-17-30(18-16-22-8-4-3-5-9-22)20-27(37)26(29(38)41-30)13-7-11-23-10-6-12-25(19-23)36-42(39,40)28-15-14-24(21-35-28)31(32,33)34/h3-6,8-10,12,14-15,19,21,36-37H,2,7,11,13,16-18,20H2,1H3/t30-/m1/s1. The molecule has 1 aromatic heterocycles. The van der Waals surface area contributed by atoms with Gasteiger partial charge in [-0.15, -0.1) is 0 Å². The summed E-state index contributed by atoms with van der Waals surface area (Å²) in [5, 5.41) is 10.3. The average molecular weight is 603 g/mol. The summed E-state index contributed by atoms with van der Waals surface area (Å²) in [6.45, 7) is 2.02. The van der Waals surface area contributed by atoms with E-state index in [1.165, 1.54) is 6.07 Å². The Hall–Kier alpha value is -3.86. The molecule has 2 heterocycles. The third-order valence-corrected chi connectivity index (χ3v) is 8.52. The summed E-state index contributed by atoms with van der Waals surface area (Å²) >= 11 is 0. The van der Waals surface area contributed by atoms with E-state index in [0.29, 0.717) is 37.9 Å². The summed E-state index contributed by atoms with van der Waals surface area (Å²) in [5.41, 5.74) is 0.585. The number of ether oxygens (including phenoxy) is 1. The molecule has 2 aromatic carbocycles. The van der Waals surface area contributed by atoms with Crippen LogP contribution in [0.1, 0.15) is 62.1 Å². The molecule has 0 saturated carbocycles. The Morgan fingerprint density at radius 2 is 1.71 bits per heavy atom. The molecule has 0 fully saturated rings. The Labute approximate surface area is 243 Å². The van der Waals surface area contributed by atoms with Crippen molar-refractivity contribution in [2.75, 3.05) is 4.72 Å². The number of hydrogen-bond donors (Lipinski definition) is 2. The maximum Gasteiger partial charge on any atom is 0.417 e. The second-order valence-electron chi connectivity index (χ2n) is 10.5. The third kappa shape index (κ3) is 7.90. The molecule has 0 unspecified atom stereocenters. The van der Waals surface area contributed by atoms with Crippen LogP contribution >= 0.6 is 0 Å². The number of nitrogens with one attached hydrogen (secondary N) is 1. The predicted molar refractivity (Wildman–Crippen MR) is 152 cm³/mol. The second kappa shape index (κ2) is 13.0. The number of hydrogen-bond acceptors (Lipinski definition) is 6. The highest BCUT2D eigenvalue weighted by atomic mass is 32.2. The highest BCUT2D eigenvalue weighted by molar-refractivity contribution is 7.92. The summed E-state index contributed by atoms with van der Waals surface area (Å²) in [5.74, 6) is -0.455. The van der Waals surface area contributed by atoms with Crippen LogP contribution in [0.25, 0.3) is 0 Å². The van der Waals surface area contributed by atoms with E-state index in [9.17, 15) is 31.5 Å². The van der Waals surface area contributed by atoms with Gasteiger partial charge in [0.25, 0.3) is 10.0 Å². The van der Waals surface area contributed by atoms with Crippen LogP contribution in [0.3, 0.4) is 0 Å². The first-order valence-corrected chi connectivity index (χ1v) is 15.2. The predicted octanol–water partition coefficient (Wildman–Crippen LogP) is 7.15. The number of aryl methyl sites for hydroxylation is 2. The van der Waals surface area contributed by atoms with Gasteiger partial charge in [-0.2, -0.15) is 21.6 Å². The van der Waals surface area contributed by atoms with Crippen LogP contribution in [0, 0.1) is 0 Å². The molecule has 224 valence electrons. The molecule has 2 N–H and O–H groups in total. The van der Waals surface area contributed by atoms with Crippen LogP contribution < -0.4 is 4.72 Å². The number of rotatable bonds is 12. The van der Waals surface area contributed by atoms with Crippen molar-refractivity contribution in [2.45, 2.75) is 75.1 Å². The first-order valence-electron chi connectivity index (χ1n) is 13.7. The Morgan fingerprint density at radius 1 is 0.976 bits per heavy atom. The quantitative estimate of drug-likeness (QED) is 0.213. The summed E-state index contributed by atoms with van der Waals surface area (Å²) < 4.78 is 71.9. The van der Waals surface area contributed by atoms with Gasteiger partial charge in [0.05, 0.1) is 11.1 Å². The van der Waals surface area contributed by atoms with E-state index in [2.05, 4.69) is 9.71 Å². The Morgan fingerprint density at radius 3 is 2.36 bits per heavy atom. The maximum absolute atomic E-state index is 13.0. The van der Waals surface area contributed by atoms with Gasteiger partial charge in [0, 0.05) is 18.3 Å². The van der Waals surface area contributed by atoms with Gasteiger partial charge < -0.3 is 9.84 Å². The molecule has 11 heteroatoms. The number of esters is 1. The molecule has 3 aromatic rings. The van der Waals surface area contributed by atoms with Crippen molar-refractivity contribution in [2.24, 2.45) is 0 Å². The molecule has 1 aliphatic heterocycles. The van der Waals surface area contributed by atoms with Crippen LogP contribution in [0.5, 0.6) is 0 Å². The molecular weight excluding hydrogens is 569 g/mol. The molecule has 0 spiro atoms. The van der Waals surface area contributed by atoms with E-state index in [1.54, 1.807) is 18.2 Å². The zero-order valence-corrected chi connectivity index (χ0v) is 24.0. The van der Waals surface area contributed by atoms with Crippen molar-refractivity contribution < 1.29 is 36.2 Å². The van der Waals surface area contributed by atoms with Crippen LogP contribution in [0.2, 0.25) is 0 Å². The number of pyridine rings is 1. The fourth-order valence-electron chi connectivity index (χ4n) is 5.12. The zero-order chi connectivity index (χ0) is 30.4. The molecule has 0 saturated heterocycles. The zero-order valence-electron chi connectivity index (χ0n) is 23.2. The summed E-state index contributed by atoms with van der Waals surface area (Å²) in [6, 6.07) is 17.9. The number of carbonyl (C=O) groups is 1. The highest BCUT2D eigenvalue weighted by Crippen LogP contribution is 2.38. The third-order valence-electron chi connectivity index (χ3n) is 7.22. The minimum atomic E-state index is -4.63. The highest BCUT2D eigenvalue weighted by Gasteiger charge is 2.40. The lowest BCUT2D eigenvalue weighted by Gasteiger charge is -2.37. The molecule has 7 nitrogen and oxygen atoms in total. The summed E-state index contributed by atoms with van der Waals surface area (Å²) in [7, 11) is -4.21. The summed E-state index contributed by atoms with van der Waals surface area (Å²) in [4.78, 5) is 16.4. The number of nitrogens with zero attached hydrogens (tertiary/aromatic N) is 1. The van der Waals surface area contributed by atoms with E-state index >= 15 is 0 Å². The molecular formula is C31H33F3N2O5S. The fraction of sp³-hybridized carbons (Fsp3) is 0.355.